The molecule has 0 aromatic carbocycles. The summed E-state index contributed by atoms with van der Waals surface area (Å²) in [6, 6.07) is 2.79. The van der Waals surface area contributed by atoms with E-state index in [2.05, 4.69) is 5.32 Å². The highest BCUT2D eigenvalue weighted by Crippen LogP contribution is 2.04. The van der Waals surface area contributed by atoms with Gasteiger partial charge in [0.15, 0.2) is 0 Å². The number of aryl methyl sites for hydroxylation is 1. The van der Waals surface area contributed by atoms with Gasteiger partial charge in [-0.25, -0.2) is 10.5 Å². The van der Waals surface area contributed by atoms with Crippen LogP contribution in [0.3, 0.4) is 0 Å². The van der Waals surface area contributed by atoms with Crippen molar-refractivity contribution in [3.05, 3.63) is 23.7 Å². The Morgan fingerprint density at radius 1 is 1.73 bits per heavy atom. The molecular weight excluding hydrogens is 144 g/mol. The van der Waals surface area contributed by atoms with E-state index < -0.39 is 6.03 Å². The molecule has 1 aromatic heterocycles. The highest BCUT2D eigenvalue weighted by molar-refractivity contribution is 5.70. The first kappa shape index (κ1) is 7.65. The number of furan rings is 1. The van der Waals surface area contributed by atoms with Crippen molar-refractivity contribution in [2.45, 2.75) is 13.5 Å². The molecule has 0 aliphatic carbocycles. The van der Waals surface area contributed by atoms with Gasteiger partial charge in [-0.1, -0.05) is 0 Å². The average molecular weight is 153 g/mol. The quantitative estimate of drug-likeness (QED) is 0.690. The third-order valence-electron chi connectivity index (χ3n) is 1.22. The van der Waals surface area contributed by atoms with Crippen LogP contribution in [0.5, 0.6) is 0 Å². The van der Waals surface area contributed by atoms with E-state index in [1.807, 2.05) is 13.0 Å². The standard InChI is InChI=1S/C7H9N2O2/c1-5-2-3-6(11-5)4-9-7(8)10/h2-3,8H,4H2,1H3,(H,9,10). The van der Waals surface area contributed by atoms with Gasteiger partial charge >= 0.3 is 6.03 Å². The van der Waals surface area contributed by atoms with Crippen molar-refractivity contribution in [2.75, 3.05) is 0 Å². The van der Waals surface area contributed by atoms with Gasteiger partial charge in [-0.3, -0.25) is 0 Å². The van der Waals surface area contributed by atoms with Gasteiger partial charge in [0.05, 0.1) is 6.54 Å². The van der Waals surface area contributed by atoms with Gasteiger partial charge in [0.1, 0.15) is 11.5 Å². The molecule has 4 nitrogen and oxygen atoms in total. The zero-order valence-corrected chi connectivity index (χ0v) is 6.18. The molecule has 1 radical (unpaired) electrons. The molecule has 2 N–H and O–H groups in total. The summed E-state index contributed by atoms with van der Waals surface area (Å²) in [4.78, 5) is 10.1. The van der Waals surface area contributed by atoms with Gasteiger partial charge in [-0.05, 0) is 19.1 Å². The van der Waals surface area contributed by atoms with E-state index in [0.717, 1.165) is 5.76 Å². The number of urea groups is 1. The van der Waals surface area contributed by atoms with Gasteiger partial charge in [0.2, 0.25) is 0 Å². The third-order valence-corrected chi connectivity index (χ3v) is 1.22. The fourth-order valence-corrected chi connectivity index (χ4v) is 0.748. The summed E-state index contributed by atoms with van der Waals surface area (Å²) >= 11 is 0. The second kappa shape index (κ2) is 3.09. The van der Waals surface area contributed by atoms with E-state index in [1.54, 1.807) is 6.07 Å². The Labute approximate surface area is 64.4 Å². The monoisotopic (exact) mass is 153 g/mol. The zero-order valence-electron chi connectivity index (χ0n) is 6.18. The van der Waals surface area contributed by atoms with Crippen LogP contribution in [0, 0.1) is 6.92 Å². The van der Waals surface area contributed by atoms with Crippen LogP contribution in [-0.2, 0) is 6.54 Å². The minimum atomic E-state index is -0.793. The predicted molar refractivity (Wildman–Crippen MR) is 38.8 cm³/mol. The molecule has 1 rings (SSSR count). The van der Waals surface area contributed by atoms with Gasteiger partial charge in [0, 0.05) is 0 Å². The smallest absolute Gasteiger partial charge is 0.333 e. The molecular formula is C7H9N2O2. The largest absolute Gasteiger partial charge is 0.465 e. The molecule has 2 amide bonds. The van der Waals surface area contributed by atoms with Crippen molar-refractivity contribution >= 4 is 6.03 Å². The maximum absolute atomic E-state index is 10.1. The van der Waals surface area contributed by atoms with Crippen molar-refractivity contribution in [1.82, 2.24) is 11.1 Å². The molecule has 0 aliphatic heterocycles. The van der Waals surface area contributed by atoms with Crippen molar-refractivity contribution in [2.24, 2.45) is 0 Å². The van der Waals surface area contributed by atoms with Crippen LogP contribution in [0.4, 0.5) is 4.79 Å². The molecule has 4 heteroatoms. The average Bonchev–Trinajstić information content (AvgIpc) is 2.31. The second-order valence-corrected chi connectivity index (χ2v) is 2.20. The van der Waals surface area contributed by atoms with E-state index in [0.29, 0.717) is 5.76 Å². The maximum Gasteiger partial charge on any atom is 0.333 e. The van der Waals surface area contributed by atoms with Crippen molar-refractivity contribution in [3.63, 3.8) is 0 Å². The van der Waals surface area contributed by atoms with Crippen molar-refractivity contribution in [1.29, 1.82) is 0 Å². The number of amides is 2. The van der Waals surface area contributed by atoms with E-state index in [4.69, 9.17) is 10.2 Å². The van der Waals surface area contributed by atoms with Crippen LogP contribution < -0.4 is 11.1 Å². The molecule has 0 spiro atoms. The van der Waals surface area contributed by atoms with Crippen LogP contribution in [0.15, 0.2) is 16.5 Å². The molecule has 0 bridgehead atoms. The molecule has 0 saturated heterocycles. The lowest BCUT2D eigenvalue weighted by atomic mass is 10.4. The second-order valence-electron chi connectivity index (χ2n) is 2.20. The summed E-state index contributed by atoms with van der Waals surface area (Å²) in [5.74, 6) is 1.47. The number of carbonyl (C=O) groups excluding carboxylic acids is 1. The van der Waals surface area contributed by atoms with E-state index >= 15 is 0 Å². The number of nitrogens with one attached hydrogen (secondary N) is 2. The summed E-state index contributed by atoms with van der Waals surface area (Å²) < 4.78 is 5.14. The van der Waals surface area contributed by atoms with Crippen molar-refractivity contribution < 1.29 is 9.21 Å². The highest BCUT2D eigenvalue weighted by atomic mass is 16.3. The predicted octanol–water partition coefficient (Wildman–Crippen LogP) is 1.08. The Kier molecular flexibility index (Phi) is 2.15. The number of carbonyl (C=O) groups is 1. The Hall–Kier alpha value is -1.45. The zero-order chi connectivity index (χ0) is 8.27. The molecule has 1 heterocycles. The van der Waals surface area contributed by atoms with Gasteiger partial charge in [0.25, 0.3) is 0 Å². The molecule has 0 unspecified atom stereocenters. The van der Waals surface area contributed by atoms with Gasteiger partial charge in [-0.2, -0.15) is 0 Å². The highest BCUT2D eigenvalue weighted by Gasteiger charge is 1.98. The maximum atomic E-state index is 10.1. The number of rotatable bonds is 2. The first-order chi connectivity index (χ1) is 5.18. The summed E-state index contributed by atoms with van der Waals surface area (Å²) in [6.07, 6.45) is 0. The Morgan fingerprint density at radius 3 is 2.91 bits per heavy atom. The molecule has 0 atom stereocenters. The topological polar surface area (TPSA) is 66.0 Å². The lowest BCUT2D eigenvalue weighted by Gasteiger charge is -1.95. The fraction of sp³-hybridized carbons (Fsp3) is 0.286. The molecule has 11 heavy (non-hydrogen) atoms. The van der Waals surface area contributed by atoms with Crippen molar-refractivity contribution in [3.8, 4) is 0 Å². The molecule has 0 fully saturated rings. The van der Waals surface area contributed by atoms with Crippen LogP contribution in [-0.4, -0.2) is 6.03 Å². The van der Waals surface area contributed by atoms with E-state index in [9.17, 15) is 4.79 Å². The van der Waals surface area contributed by atoms with Crippen LogP contribution in [0.1, 0.15) is 11.5 Å². The third kappa shape index (κ3) is 2.33. The van der Waals surface area contributed by atoms with Crippen LogP contribution in [0.2, 0.25) is 0 Å². The first-order valence-electron chi connectivity index (χ1n) is 3.23. The minimum Gasteiger partial charge on any atom is -0.465 e. The molecule has 0 aliphatic rings. The first-order valence-corrected chi connectivity index (χ1v) is 3.23. The number of hydrogen-bond donors (Lipinski definition) is 1. The fourth-order valence-electron chi connectivity index (χ4n) is 0.748. The van der Waals surface area contributed by atoms with Gasteiger partial charge in [-0.15, -0.1) is 0 Å². The Balaban J connectivity index is 2.45. The summed E-state index contributed by atoms with van der Waals surface area (Å²) in [6.45, 7) is 2.11. The molecule has 59 valence electrons. The SMILES string of the molecule is Cc1ccc(CNC([NH])=O)o1. The van der Waals surface area contributed by atoms with Gasteiger partial charge < -0.3 is 9.73 Å². The lowest BCUT2D eigenvalue weighted by molar-refractivity contribution is 0.246. The summed E-state index contributed by atoms with van der Waals surface area (Å²) in [5, 5.41) is 2.31. The Morgan fingerprint density at radius 2 is 2.45 bits per heavy atom. The molecule has 1 aromatic rings. The summed E-state index contributed by atoms with van der Waals surface area (Å²) in [7, 11) is 0. The number of hydrogen-bond acceptors (Lipinski definition) is 2. The van der Waals surface area contributed by atoms with E-state index in [1.165, 1.54) is 0 Å². The van der Waals surface area contributed by atoms with Crippen LogP contribution in [0.25, 0.3) is 0 Å². The Bertz CT molecular complexity index is 255. The molecule has 0 saturated carbocycles. The lowest BCUT2D eigenvalue weighted by Crippen LogP contribution is -2.21. The minimum absolute atomic E-state index is 0.288. The summed E-state index contributed by atoms with van der Waals surface area (Å²) in [5.41, 5.74) is 6.54. The van der Waals surface area contributed by atoms with Crippen LogP contribution >= 0.6 is 0 Å². The normalized spacial score (nSPS) is 9.55. The van der Waals surface area contributed by atoms with E-state index in [-0.39, 0.29) is 6.54 Å².